The van der Waals surface area contributed by atoms with Crippen LogP contribution in [0, 0.1) is 0 Å². The molecule has 3 amide bonds. The molecule has 1 aliphatic carbocycles. The standard InChI is InChI=1S/C16H20N2O6/c1-2-22-12-5-7-13(8-6-12)23-10-15(20)24-9-14(19)18-16(21)17-11-3-4-11/h5-8,11H,2-4,9-10H2,1H3,(H2,17,18,19,21). The Kier molecular flexibility index (Phi) is 6.41. The summed E-state index contributed by atoms with van der Waals surface area (Å²) in [5.41, 5.74) is 0. The maximum absolute atomic E-state index is 11.5. The summed E-state index contributed by atoms with van der Waals surface area (Å²) in [4.78, 5) is 34.3. The van der Waals surface area contributed by atoms with Gasteiger partial charge >= 0.3 is 12.0 Å². The van der Waals surface area contributed by atoms with E-state index in [-0.39, 0.29) is 12.6 Å². The second kappa shape index (κ2) is 8.76. The molecule has 0 aromatic heterocycles. The van der Waals surface area contributed by atoms with Crippen molar-refractivity contribution in [2.45, 2.75) is 25.8 Å². The Morgan fingerprint density at radius 1 is 1.04 bits per heavy atom. The highest BCUT2D eigenvalue weighted by Gasteiger charge is 2.24. The molecule has 0 saturated heterocycles. The number of hydrogen-bond acceptors (Lipinski definition) is 6. The second-order valence-electron chi connectivity index (χ2n) is 5.15. The van der Waals surface area contributed by atoms with Crippen molar-refractivity contribution < 1.29 is 28.6 Å². The van der Waals surface area contributed by atoms with Crippen LogP contribution in [-0.4, -0.2) is 43.8 Å². The van der Waals surface area contributed by atoms with Crippen LogP contribution in [0.15, 0.2) is 24.3 Å². The lowest BCUT2D eigenvalue weighted by atomic mass is 10.3. The summed E-state index contributed by atoms with van der Waals surface area (Å²) in [6, 6.07) is 6.32. The molecule has 1 aliphatic rings. The topological polar surface area (TPSA) is 103 Å². The number of ether oxygens (including phenoxy) is 3. The zero-order valence-corrected chi connectivity index (χ0v) is 13.4. The predicted octanol–water partition coefficient (Wildman–Crippen LogP) is 0.995. The molecule has 0 atom stereocenters. The normalized spacial score (nSPS) is 12.9. The fourth-order valence-electron chi connectivity index (χ4n) is 1.74. The zero-order chi connectivity index (χ0) is 17.4. The van der Waals surface area contributed by atoms with E-state index >= 15 is 0 Å². The van der Waals surface area contributed by atoms with Gasteiger partial charge in [-0.3, -0.25) is 10.1 Å². The third-order valence-corrected chi connectivity index (χ3v) is 3.02. The molecule has 8 heteroatoms. The van der Waals surface area contributed by atoms with Gasteiger partial charge in [-0.15, -0.1) is 0 Å². The van der Waals surface area contributed by atoms with Crippen LogP contribution in [0.4, 0.5) is 4.79 Å². The van der Waals surface area contributed by atoms with Gasteiger partial charge in [0, 0.05) is 6.04 Å². The number of esters is 1. The lowest BCUT2D eigenvalue weighted by Gasteiger charge is -2.08. The number of urea groups is 1. The van der Waals surface area contributed by atoms with Crippen molar-refractivity contribution in [1.29, 1.82) is 0 Å². The smallest absolute Gasteiger partial charge is 0.344 e. The summed E-state index contributed by atoms with van der Waals surface area (Å²) in [7, 11) is 0. The fourth-order valence-corrected chi connectivity index (χ4v) is 1.74. The van der Waals surface area contributed by atoms with E-state index in [0.29, 0.717) is 18.1 Å². The first-order valence-electron chi connectivity index (χ1n) is 7.68. The minimum absolute atomic E-state index is 0.142. The fraction of sp³-hybridized carbons (Fsp3) is 0.438. The molecule has 1 fully saturated rings. The van der Waals surface area contributed by atoms with Crippen molar-refractivity contribution >= 4 is 17.9 Å². The van der Waals surface area contributed by atoms with Crippen molar-refractivity contribution in [3.63, 3.8) is 0 Å². The average molecular weight is 336 g/mol. The van der Waals surface area contributed by atoms with Gasteiger partial charge in [0.25, 0.3) is 5.91 Å². The van der Waals surface area contributed by atoms with E-state index in [4.69, 9.17) is 14.2 Å². The van der Waals surface area contributed by atoms with Gasteiger partial charge in [0.1, 0.15) is 11.5 Å². The van der Waals surface area contributed by atoms with Gasteiger partial charge in [0.05, 0.1) is 6.61 Å². The van der Waals surface area contributed by atoms with Gasteiger partial charge in [0.15, 0.2) is 13.2 Å². The summed E-state index contributed by atoms with van der Waals surface area (Å²) >= 11 is 0. The Morgan fingerprint density at radius 2 is 1.67 bits per heavy atom. The Hall–Kier alpha value is -2.77. The van der Waals surface area contributed by atoms with Crippen molar-refractivity contribution in [2.75, 3.05) is 19.8 Å². The van der Waals surface area contributed by atoms with E-state index in [0.717, 1.165) is 12.8 Å². The molecular formula is C16H20N2O6. The van der Waals surface area contributed by atoms with Crippen molar-refractivity contribution in [3.8, 4) is 11.5 Å². The van der Waals surface area contributed by atoms with Crippen molar-refractivity contribution in [3.05, 3.63) is 24.3 Å². The molecule has 2 rings (SSSR count). The van der Waals surface area contributed by atoms with Gasteiger partial charge in [-0.2, -0.15) is 0 Å². The Morgan fingerprint density at radius 3 is 2.25 bits per heavy atom. The molecule has 130 valence electrons. The molecule has 8 nitrogen and oxygen atoms in total. The number of carbonyl (C=O) groups is 3. The largest absolute Gasteiger partial charge is 0.494 e. The lowest BCUT2D eigenvalue weighted by molar-refractivity contribution is -0.150. The average Bonchev–Trinajstić information content (AvgIpc) is 3.36. The Balaban J connectivity index is 1.61. The number of carbonyl (C=O) groups excluding carboxylic acids is 3. The minimum Gasteiger partial charge on any atom is -0.494 e. The van der Waals surface area contributed by atoms with E-state index in [1.54, 1.807) is 24.3 Å². The number of imide groups is 1. The molecule has 2 N–H and O–H groups in total. The molecule has 0 aliphatic heterocycles. The first-order valence-corrected chi connectivity index (χ1v) is 7.68. The zero-order valence-electron chi connectivity index (χ0n) is 13.4. The third-order valence-electron chi connectivity index (χ3n) is 3.02. The first kappa shape index (κ1) is 17.6. The van der Waals surface area contributed by atoms with Crippen LogP contribution in [-0.2, 0) is 14.3 Å². The number of nitrogens with one attached hydrogen (secondary N) is 2. The van der Waals surface area contributed by atoms with Gasteiger partial charge in [-0.05, 0) is 44.0 Å². The number of rotatable bonds is 8. The van der Waals surface area contributed by atoms with Gasteiger partial charge in [-0.25, -0.2) is 9.59 Å². The van der Waals surface area contributed by atoms with Crippen molar-refractivity contribution in [2.24, 2.45) is 0 Å². The van der Waals surface area contributed by atoms with Crippen LogP contribution < -0.4 is 20.1 Å². The Labute approximate surface area is 139 Å². The first-order chi connectivity index (χ1) is 11.6. The second-order valence-corrected chi connectivity index (χ2v) is 5.15. The minimum atomic E-state index is -0.707. The van der Waals surface area contributed by atoms with E-state index < -0.39 is 24.5 Å². The highest BCUT2D eigenvalue weighted by molar-refractivity contribution is 5.95. The molecule has 1 aromatic carbocycles. The molecule has 1 saturated carbocycles. The predicted molar refractivity (Wildman–Crippen MR) is 83.8 cm³/mol. The monoisotopic (exact) mass is 336 g/mol. The van der Waals surface area contributed by atoms with E-state index in [1.807, 2.05) is 6.92 Å². The molecule has 24 heavy (non-hydrogen) atoms. The number of benzene rings is 1. The molecule has 1 aromatic rings. The van der Waals surface area contributed by atoms with Gasteiger partial charge in [0.2, 0.25) is 0 Å². The summed E-state index contributed by atoms with van der Waals surface area (Å²) in [6.07, 6.45) is 1.83. The summed E-state index contributed by atoms with van der Waals surface area (Å²) in [5.74, 6) is -0.221. The molecular weight excluding hydrogens is 316 g/mol. The summed E-state index contributed by atoms with van der Waals surface area (Å²) < 4.78 is 15.2. The van der Waals surface area contributed by atoms with Crippen molar-refractivity contribution in [1.82, 2.24) is 10.6 Å². The van der Waals surface area contributed by atoms with Crippen LogP contribution >= 0.6 is 0 Å². The van der Waals surface area contributed by atoms with E-state index in [1.165, 1.54) is 0 Å². The van der Waals surface area contributed by atoms with E-state index in [9.17, 15) is 14.4 Å². The molecule has 0 radical (unpaired) electrons. The van der Waals surface area contributed by atoms with Crippen LogP contribution in [0.5, 0.6) is 11.5 Å². The third kappa shape index (κ3) is 6.55. The van der Waals surface area contributed by atoms with Crippen LogP contribution in [0.3, 0.4) is 0 Å². The Bertz CT molecular complexity index is 583. The maximum Gasteiger partial charge on any atom is 0.344 e. The highest BCUT2D eigenvalue weighted by Crippen LogP contribution is 2.18. The molecule has 0 heterocycles. The van der Waals surface area contributed by atoms with E-state index in [2.05, 4.69) is 10.6 Å². The van der Waals surface area contributed by atoms with Crippen LogP contribution in [0.1, 0.15) is 19.8 Å². The molecule has 0 unspecified atom stereocenters. The SMILES string of the molecule is CCOc1ccc(OCC(=O)OCC(=O)NC(=O)NC2CC2)cc1. The number of hydrogen-bond donors (Lipinski definition) is 2. The number of amides is 3. The summed E-state index contributed by atoms with van der Waals surface area (Å²) in [6.45, 7) is 1.57. The van der Waals surface area contributed by atoms with Crippen LogP contribution in [0.25, 0.3) is 0 Å². The quantitative estimate of drug-likeness (QED) is 0.687. The molecule has 0 spiro atoms. The highest BCUT2D eigenvalue weighted by atomic mass is 16.6. The maximum atomic E-state index is 11.5. The van der Waals surface area contributed by atoms with Crippen LogP contribution in [0.2, 0.25) is 0 Å². The lowest BCUT2D eigenvalue weighted by Crippen LogP contribution is -2.42. The molecule has 0 bridgehead atoms. The summed E-state index contributed by atoms with van der Waals surface area (Å²) in [5, 5.41) is 4.66. The van der Waals surface area contributed by atoms with Gasteiger partial charge in [-0.1, -0.05) is 0 Å². The van der Waals surface area contributed by atoms with Gasteiger partial charge < -0.3 is 19.5 Å².